The maximum atomic E-state index is 12.6. The zero-order valence-corrected chi connectivity index (χ0v) is 11.2. The van der Waals surface area contributed by atoms with E-state index in [2.05, 4.69) is 4.98 Å². The molecule has 3 aromatic rings. The quantitative estimate of drug-likeness (QED) is 0.689. The summed E-state index contributed by atoms with van der Waals surface area (Å²) in [6.45, 7) is 1.87. The number of para-hydroxylation sites is 1. The Balaban J connectivity index is 2.17. The van der Waals surface area contributed by atoms with Crippen molar-refractivity contribution in [1.82, 2.24) is 4.98 Å². The smallest absolute Gasteiger partial charge is 0.195 e. The molecule has 1 heterocycles. The third-order valence-corrected chi connectivity index (χ3v) is 3.76. The Morgan fingerprint density at radius 2 is 1.84 bits per heavy atom. The van der Waals surface area contributed by atoms with Crippen molar-refractivity contribution in [3.63, 3.8) is 0 Å². The number of hydrogen-bond donors (Lipinski definition) is 1. The standard InChI is InChI=1S/C16H12ClNO/c1-10-11(6-4-7-14(10)17)16(19)13-9-18-15-8-3-2-5-12(13)15/h2-9,18H,1H3. The molecule has 94 valence electrons. The van der Waals surface area contributed by atoms with E-state index in [0.717, 1.165) is 16.5 Å². The van der Waals surface area contributed by atoms with Crippen LogP contribution in [0, 0.1) is 6.92 Å². The van der Waals surface area contributed by atoms with E-state index >= 15 is 0 Å². The maximum Gasteiger partial charge on any atom is 0.195 e. The molecule has 3 rings (SSSR count). The number of aromatic amines is 1. The van der Waals surface area contributed by atoms with Crippen LogP contribution in [0.4, 0.5) is 0 Å². The Morgan fingerprint density at radius 1 is 1.05 bits per heavy atom. The second kappa shape index (κ2) is 4.56. The SMILES string of the molecule is Cc1c(Cl)cccc1C(=O)c1c[nH]c2ccccc12. The van der Waals surface area contributed by atoms with E-state index in [1.54, 1.807) is 18.3 Å². The summed E-state index contributed by atoms with van der Waals surface area (Å²) in [5, 5.41) is 1.55. The van der Waals surface area contributed by atoms with Crippen LogP contribution in [0.3, 0.4) is 0 Å². The fourth-order valence-corrected chi connectivity index (χ4v) is 2.43. The van der Waals surface area contributed by atoms with Gasteiger partial charge < -0.3 is 4.98 Å². The number of benzene rings is 2. The molecule has 1 N–H and O–H groups in total. The Hall–Kier alpha value is -2.06. The van der Waals surface area contributed by atoms with Gasteiger partial charge in [0.05, 0.1) is 0 Å². The second-order valence-corrected chi connectivity index (χ2v) is 4.90. The van der Waals surface area contributed by atoms with Gasteiger partial charge in [-0.3, -0.25) is 4.79 Å². The number of nitrogens with one attached hydrogen (secondary N) is 1. The van der Waals surface area contributed by atoms with Crippen LogP contribution in [0.2, 0.25) is 5.02 Å². The van der Waals surface area contributed by atoms with Crippen molar-refractivity contribution in [3.8, 4) is 0 Å². The number of carbonyl (C=O) groups excluding carboxylic acids is 1. The molecule has 0 saturated carbocycles. The number of H-pyrrole nitrogens is 1. The van der Waals surface area contributed by atoms with Gasteiger partial charge in [-0.1, -0.05) is 41.9 Å². The lowest BCUT2D eigenvalue weighted by atomic mass is 9.99. The summed E-state index contributed by atoms with van der Waals surface area (Å²) in [5.74, 6) is -0.00236. The molecule has 2 aromatic carbocycles. The molecule has 0 amide bonds. The zero-order valence-electron chi connectivity index (χ0n) is 10.4. The average Bonchev–Trinajstić information content (AvgIpc) is 2.85. The monoisotopic (exact) mass is 269 g/mol. The molecule has 0 aliphatic carbocycles. The van der Waals surface area contributed by atoms with Gasteiger partial charge in [0.25, 0.3) is 0 Å². The number of halogens is 1. The lowest BCUT2D eigenvalue weighted by molar-refractivity contribution is 0.104. The third kappa shape index (κ3) is 1.94. The van der Waals surface area contributed by atoms with Crippen LogP contribution < -0.4 is 0 Å². The van der Waals surface area contributed by atoms with E-state index in [1.165, 1.54) is 0 Å². The molecule has 0 fully saturated rings. The maximum absolute atomic E-state index is 12.6. The minimum absolute atomic E-state index is 0.00236. The summed E-state index contributed by atoms with van der Waals surface area (Å²) in [4.78, 5) is 15.7. The summed E-state index contributed by atoms with van der Waals surface area (Å²) in [5.41, 5.74) is 3.11. The highest BCUT2D eigenvalue weighted by molar-refractivity contribution is 6.32. The number of hydrogen-bond acceptors (Lipinski definition) is 1. The first-order valence-corrected chi connectivity index (χ1v) is 6.42. The van der Waals surface area contributed by atoms with E-state index in [9.17, 15) is 4.79 Å². The van der Waals surface area contributed by atoms with Gasteiger partial charge in [-0.15, -0.1) is 0 Å². The number of carbonyl (C=O) groups is 1. The summed E-state index contributed by atoms with van der Waals surface area (Å²) in [7, 11) is 0. The number of ketones is 1. The highest BCUT2D eigenvalue weighted by Gasteiger charge is 2.16. The van der Waals surface area contributed by atoms with Crippen LogP contribution in [0.5, 0.6) is 0 Å². The zero-order chi connectivity index (χ0) is 13.4. The first-order valence-electron chi connectivity index (χ1n) is 6.04. The largest absolute Gasteiger partial charge is 0.360 e. The van der Waals surface area contributed by atoms with Crippen molar-refractivity contribution in [2.75, 3.05) is 0 Å². The van der Waals surface area contributed by atoms with Crippen LogP contribution in [0.25, 0.3) is 10.9 Å². The van der Waals surface area contributed by atoms with E-state index in [0.29, 0.717) is 16.1 Å². The number of rotatable bonds is 2. The van der Waals surface area contributed by atoms with Crippen LogP contribution in [0.15, 0.2) is 48.7 Å². The Kier molecular flexibility index (Phi) is 2.88. The van der Waals surface area contributed by atoms with Crippen molar-refractivity contribution in [1.29, 1.82) is 0 Å². The second-order valence-electron chi connectivity index (χ2n) is 4.49. The average molecular weight is 270 g/mol. The fourth-order valence-electron chi connectivity index (χ4n) is 2.26. The van der Waals surface area contributed by atoms with Gasteiger partial charge in [0.2, 0.25) is 0 Å². The Morgan fingerprint density at radius 3 is 2.68 bits per heavy atom. The first kappa shape index (κ1) is 12.0. The van der Waals surface area contributed by atoms with Crippen molar-refractivity contribution in [2.24, 2.45) is 0 Å². The molecule has 1 aromatic heterocycles. The molecular formula is C16H12ClNO. The van der Waals surface area contributed by atoms with Gasteiger partial charge in [0, 0.05) is 33.2 Å². The van der Waals surface area contributed by atoms with E-state index in [-0.39, 0.29) is 5.78 Å². The molecule has 0 unspecified atom stereocenters. The Labute approximate surface area is 116 Å². The first-order chi connectivity index (χ1) is 9.18. The van der Waals surface area contributed by atoms with E-state index in [4.69, 9.17) is 11.6 Å². The molecule has 19 heavy (non-hydrogen) atoms. The number of aromatic nitrogens is 1. The molecule has 0 spiro atoms. The molecule has 0 saturated heterocycles. The summed E-state index contributed by atoms with van der Waals surface area (Å²) in [6, 6.07) is 13.2. The predicted octanol–water partition coefficient (Wildman–Crippen LogP) is 4.36. The van der Waals surface area contributed by atoms with Gasteiger partial charge in [0.15, 0.2) is 5.78 Å². The molecule has 0 radical (unpaired) electrons. The minimum atomic E-state index is -0.00236. The minimum Gasteiger partial charge on any atom is -0.360 e. The van der Waals surface area contributed by atoms with Crippen LogP contribution in [-0.4, -0.2) is 10.8 Å². The van der Waals surface area contributed by atoms with Crippen molar-refractivity contribution in [2.45, 2.75) is 6.92 Å². The molecule has 2 nitrogen and oxygen atoms in total. The molecule has 0 aliphatic heterocycles. The van der Waals surface area contributed by atoms with Crippen LogP contribution in [0.1, 0.15) is 21.5 Å². The van der Waals surface area contributed by atoms with Crippen molar-refractivity contribution < 1.29 is 4.79 Å². The fraction of sp³-hybridized carbons (Fsp3) is 0.0625. The van der Waals surface area contributed by atoms with Gasteiger partial charge in [-0.05, 0) is 24.6 Å². The summed E-state index contributed by atoms with van der Waals surface area (Å²) >= 11 is 6.08. The van der Waals surface area contributed by atoms with E-state index in [1.807, 2.05) is 37.3 Å². The van der Waals surface area contributed by atoms with Crippen LogP contribution >= 0.6 is 11.6 Å². The third-order valence-electron chi connectivity index (χ3n) is 3.35. The van der Waals surface area contributed by atoms with Crippen molar-refractivity contribution >= 4 is 28.3 Å². The molecular weight excluding hydrogens is 258 g/mol. The molecule has 0 aliphatic rings. The molecule has 3 heteroatoms. The predicted molar refractivity (Wildman–Crippen MR) is 77.9 cm³/mol. The summed E-state index contributed by atoms with van der Waals surface area (Å²) in [6.07, 6.45) is 1.76. The van der Waals surface area contributed by atoms with Crippen LogP contribution in [-0.2, 0) is 0 Å². The van der Waals surface area contributed by atoms with Gasteiger partial charge in [0.1, 0.15) is 0 Å². The van der Waals surface area contributed by atoms with Gasteiger partial charge >= 0.3 is 0 Å². The molecule has 0 bridgehead atoms. The topological polar surface area (TPSA) is 32.9 Å². The van der Waals surface area contributed by atoms with Gasteiger partial charge in [-0.2, -0.15) is 0 Å². The van der Waals surface area contributed by atoms with Gasteiger partial charge in [-0.25, -0.2) is 0 Å². The highest BCUT2D eigenvalue weighted by Crippen LogP contribution is 2.25. The lowest BCUT2D eigenvalue weighted by Gasteiger charge is -2.05. The summed E-state index contributed by atoms with van der Waals surface area (Å²) < 4.78 is 0. The van der Waals surface area contributed by atoms with Crippen molar-refractivity contribution in [3.05, 3.63) is 70.4 Å². The highest BCUT2D eigenvalue weighted by atomic mass is 35.5. The number of fused-ring (bicyclic) bond motifs is 1. The lowest BCUT2D eigenvalue weighted by Crippen LogP contribution is -2.03. The molecule has 0 atom stereocenters. The normalized spacial score (nSPS) is 10.8. The van der Waals surface area contributed by atoms with E-state index < -0.39 is 0 Å². The Bertz CT molecular complexity index is 773.